The maximum absolute atomic E-state index is 14.2. The van der Waals surface area contributed by atoms with Gasteiger partial charge in [0, 0.05) is 21.3 Å². The summed E-state index contributed by atoms with van der Waals surface area (Å²) in [5, 5.41) is 2.85. The molecule has 1 aromatic heterocycles. The number of esters is 1. The summed E-state index contributed by atoms with van der Waals surface area (Å²) >= 11 is 4.58. The molecule has 8 nitrogen and oxygen atoms in total. The van der Waals surface area contributed by atoms with Gasteiger partial charge >= 0.3 is 5.97 Å². The van der Waals surface area contributed by atoms with Crippen LogP contribution in [0.15, 0.2) is 92.6 Å². The SMILES string of the molecule is CCOC(=O)C1=C(c2ccccc2)N=c2s/c(=C3\C(=O)Nc4ccc(Br)cc43)c(=O)n2[C@H]1c1cccc(OC)c1. The van der Waals surface area contributed by atoms with E-state index in [-0.39, 0.29) is 28.2 Å². The quantitative estimate of drug-likeness (QED) is 0.342. The van der Waals surface area contributed by atoms with Gasteiger partial charge in [0.1, 0.15) is 10.3 Å². The van der Waals surface area contributed by atoms with Crippen LogP contribution >= 0.6 is 27.3 Å². The van der Waals surface area contributed by atoms with Crippen molar-refractivity contribution in [2.75, 3.05) is 19.0 Å². The highest BCUT2D eigenvalue weighted by atomic mass is 79.9. The first-order valence-corrected chi connectivity index (χ1v) is 14.1. The van der Waals surface area contributed by atoms with Gasteiger partial charge < -0.3 is 14.8 Å². The van der Waals surface area contributed by atoms with Gasteiger partial charge in [-0.15, -0.1) is 0 Å². The Morgan fingerprint density at radius 2 is 1.88 bits per heavy atom. The molecule has 3 aromatic carbocycles. The van der Waals surface area contributed by atoms with Gasteiger partial charge in [0.25, 0.3) is 11.5 Å². The number of fused-ring (bicyclic) bond motifs is 2. The molecule has 0 unspecified atom stereocenters. The number of benzene rings is 3. The van der Waals surface area contributed by atoms with Crippen LogP contribution in [0.25, 0.3) is 11.3 Å². The van der Waals surface area contributed by atoms with E-state index in [4.69, 9.17) is 14.5 Å². The van der Waals surface area contributed by atoms with E-state index in [2.05, 4.69) is 21.2 Å². The van der Waals surface area contributed by atoms with Crippen molar-refractivity contribution in [1.29, 1.82) is 0 Å². The Balaban J connectivity index is 1.72. The minimum atomic E-state index is -0.874. The average Bonchev–Trinajstić information content (AvgIpc) is 3.46. The van der Waals surface area contributed by atoms with Crippen molar-refractivity contribution in [1.82, 2.24) is 4.57 Å². The minimum Gasteiger partial charge on any atom is -0.497 e. The van der Waals surface area contributed by atoms with Crippen LogP contribution in [0.1, 0.15) is 29.7 Å². The smallest absolute Gasteiger partial charge is 0.338 e. The third kappa shape index (κ3) is 4.29. The fraction of sp³-hybridized carbons (Fsp3) is 0.133. The molecule has 200 valence electrons. The highest BCUT2D eigenvalue weighted by Gasteiger charge is 2.36. The van der Waals surface area contributed by atoms with E-state index in [1.807, 2.05) is 42.5 Å². The first-order valence-electron chi connectivity index (χ1n) is 12.5. The molecule has 2 aliphatic heterocycles. The van der Waals surface area contributed by atoms with E-state index in [1.54, 1.807) is 44.4 Å². The molecule has 1 N–H and O–H groups in total. The zero-order chi connectivity index (χ0) is 28.0. The summed E-state index contributed by atoms with van der Waals surface area (Å²) in [5.74, 6) is -0.384. The summed E-state index contributed by atoms with van der Waals surface area (Å²) in [6.45, 7) is 1.88. The number of carbonyl (C=O) groups is 2. The zero-order valence-corrected chi connectivity index (χ0v) is 23.8. The molecule has 4 aromatic rings. The fourth-order valence-electron chi connectivity index (χ4n) is 4.98. The predicted molar refractivity (Wildman–Crippen MR) is 156 cm³/mol. The van der Waals surface area contributed by atoms with Crippen LogP contribution < -0.4 is 24.9 Å². The van der Waals surface area contributed by atoms with Crippen LogP contribution in [0.5, 0.6) is 5.75 Å². The van der Waals surface area contributed by atoms with Gasteiger partial charge in [0.2, 0.25) is 0 Å². The number of amides is 1. The zero-order valence-electron chi connectivity index (χ0n) is 21.4. The third-order valence-electron chi connectivity index (χ3n) is 6.71. The van der Waals surface area contributed by atoms with Crippen LogP contribution in [-0.4, -0.2) is 30.2 Å². The third-order valence-corrected chi connectivity index (χ3v) is 8.26. The van der Waals surface area contributed by atoms with Gasteiger partial charge in [-0.2, -0.15) is 0 Å². The molecule has 40 heavy (non-hydrogen) atoms. The van der Waals surface area contributed by atoms with Gasteiger partial charge in [-0.25, -0.2) is 9.79 Å². The molecule has 0 saturated carbocycles. The Kier molecular flexibility index (Phi) is 6.73. The molecule has 0 radical (unpaired) electrons. The van der Waals surface area contributed by atoms with Crippen LogP contribution in [-0.2, 0) is 14.3 Å². The van der Waals surface area contributed by atoms with E-state index in [0.29, 0.717) is 38.6 Å². The van der Waals surface area contributed by atoms with Gasteiger partial charge in [-0.1, -0.05) is 69.7 Å². The molecular formula is C30H22BrN3O5S. The molecule has 2 aliphatic rings. The first kappa shape index (κ1) is 26.0. The molecule has 0 saturated heterocycles. The lowest BCUT2D eigenvalue weighted by atomic mass is 9.93. The maximum Gasteiger partial charge on any atom is 0.338 e. The van der Waals surface area contributed by atoms with Gasteiger partial charge in [-0.3, -0.25) is 14.2 Å². The van der Waals surface area contributed by atoms with E-state index >= 15 is 0 Å². The summed E-state index contributed by atoms with van der Waals surface area (Å²) in [6.07, 6.45) is 0. The van der Waals surface area contributed by atoms with Gasteiger partial charge in [0.15, 0.2) is 4.80 Å². The van der Waals surface area contributed by atoms with Crippen molar-refractivity contribution in [2.45, 2.75) is 13.0 Å². The molecule has 1 atom stereocenters. The minimum absolute atomic E-state index is 0.148. The number of ether oxygens (including phenoxy) is 2. The standard InChI is InChI=1S/C30H22BrN3O5S/c1-3-39-29(37)23-24(16-8-5-4-6-9-16)33-30-34(25(23)17-10-7-11-19(14-17)38-2)28(36)26(40-30)22-20-15-18(31)12-13-21(20)32-27(22)35/h4-15,25H,3H2,1-2H3,(H,32,35)/b26-22-/t25-/m0/s1. The lowest BCUT2D eigenvalue weighted by Crippen LogP contribution is -2.40. The van der Waals surface area contributed by atoms with Crippen molar-refractivity contribution < 1.29 is 19.1 Å². The number of carbonyl (C=O) groups excluding carboxylic acids is 2. The van der Waals surface area contributed by atoms with Crippen LogP contribution in [0, 0.1) is 0 Å². The Morgan fingerprint density at radius 3 is 2.62 bits per heavy atom. The topological polar surface area (TPSA) is 99.0 Å². The summed E-state index contributed by atoms with van der Waals surface area (Å²) in [4.78, 5) is 46.2. The van der Waals surface area contributed by atoms with Crippen molar-refractivity contribution in [3.63, 3.8) is 0 Å². The lowest BCUT2D eigenvalue weighted by molar-refractivity contribution is -0.138. The molecule has 0 spiro atoms. The van der Waals surface area contributed by atoms with Crippen molar-refractivity contribution in [3.05, 3.63) is 119 Å². The highest BCUT2D eigenvalue weighted by Crippen LogP contribution is 2.37. The molecule has 1 amide bonds. The monoisotopic (exact) mass is 615 g/mol. The fourth-order valence-corrected chi connectivity index (χ4v) is 6.44. The molecule has 0 fully saturated rings. The molecule has 10 heteroatoms. The predicted octanol–water partition coefficient (Wildman–Crippen LogP) is 4.03. The van der Waals surface area contributed by atoms with Crippen LogP contribution in [0.2, 0.25) is 0 Å². The summed E-state index contributed by atoms with van der Waals surface area (Å²) < 4.78 is 13.5. The second kappa shape index (κ2) is 10.4. The number of nitrogens with zero attached hydrogens (tertiary/aromatic N) is 2. The van der Waals surface area contributed by atoms with Crippen molar-refractivity contribution in [2.24, 2.45) is 4.99 Å². The lowest BCUT2D eigenvalue weighted by Gasteiger charge is -2.26. The summed E-state index contributed by atoms with van der Waals surface area (Å²) in [5.41, 5.74) is 3.06. The number of hydrogen-bond donors (Lipinski definition) is 1. The van der Waals surface area contributed by atoms with Crippen molar-refractivity contribution >= 4 is 56.1 Å². The number of methoxy groups -OCH3 is 1. The summed E-state index contributed by atoms with van der Waals surface area (Å²) in [6, 6.07) is 21.1. The number of aromatic nitrogens is 1. The van der Waals surface area contributed by atoms with Crippen molar-refractivity contribution in [3.8, 4) is 5.75 Å². The first-order chi connectivity index (χ1) is 19.4. The number of halogens is 1. The molecule has 0 aliphatic carbocycles. The molecule has 3 heterocycles. The second-order valence-corrected chi connectivity index (χ2v) is 10.9. The van der Waals surface area contributed by atoms with Crippen LogP contribution in [0.4, 0.5) is 5.69 Å². The summed E-state index contributed by atoms with van der Waals surface area (Å²) in [7, 11) is 1.55. The largest absolute Gasteiger partial charge is 0.497 e. The normalized spacial score (nSPS) is 17.1. The number of hydrogen-bond acceptors (Lipinski definition) is 7. The molecule has 6 rings (SSSR count). The van der Waals surface area contributed by atoms with E-state index in [9.17, 15) is 14.4 Å². The number of nitrogens with one attached hydrogen (secondary N) is 1. The Labute approximate surface area is 241 Å². The van der Waals surface area contributed by atoms with Gasteiger partial charge in [-0.05, 0) is 42.8 Å². The molecular weight excluding hydrogens is 594 g/mol. The average molecular weight is 616 g/mol. The van der Waals surface area contributed by atoms with Gasteiger partial charge in [0.05, 0.1) is 36.6 Å². The van der Waals surface area contributed by atoms with E-state index in [1.165, 1.54) is 4.57 Å². The molecule has 0 bridgehead atoms. The maximum atomic E-state index is 14.2. The number of anilines is 1. The Bertz CT molecular complexity index is 1910. The van der Waals surface area contributed by atoms with Crippen LogP contribution in [0.3, 0.4) is 0 Å². The van der Waals surface area contributed by atoms with E-state index < -0.39 is 17.6 Å². The van der Waals surface area contributed by atoms with E-state index in [0.717, 1.165) is 15.8 Å². The highest BCUT2D eigenvalue weighted by molar-refractivity contribution is 9.10. The number of rotatable bonds is 5. The second-order valence-electron chi connectivity index (χ2n) is 9.05. The Morgan fingerprint density at radius 1 is 1.07 bits per heavy atom. The Hall–Kier alpha value is -4.28. The number of thiazole rings is 1.